The highest BCUT2D eigenvalue weighted by Gasteiger charge is 2.26. The summed E-state index contributed by atoms with van der Waals surface area (Å²) in [6.45, 7) is 10.2. The minimum absolute atomic E-state index is 0.469. The Morgan fingerprint density at radius 2 is 2.00 bits per heavy atom. The van der Waals surface area contributed by atoms with Crippen molar-refractivity contribution >= 4 is 5.71 Å². The predicted molar refractivity (Wildman–Crippen MR) is 50.2 cm³/mol. The molecule has 0 spiro atoms. The van der Waals surface area contributed by atoms with E-state index in [2.05, 4.69) is 32.7 Å². The molecule has 0 N–H and O–H groups in total. The van der Waals surface area contributed by atoms with Crippen LogP contribution in [0.25, 0.3) is 0 Å². The van der Waals surface area contributed by atoms with E-state index in [9.17, 15) is 0 Å². The molecule has 0 fully saturated rings. The Hall–Kier alpha value is -0.330. The van der Waals surface area contributed by atoms with Crippen LogP contribution in [-0.2, 0) is 0 Å². The van der Waals surface area contributed by atoms with Crippen LogP contribution >= 0.6 is 0 Å². The highest BCUT2D eigenvalue weighted by molar-refractivity contribution is 5.82. The Morgan fingerprint density at radius 3 is 2.36 bits per heavy atom. The maximum absolute atomic E-state index is 4.41. The van der Waals surface area contributed by atoms with Gasteiger partial charge in [0.15, 0.2) is 0 Å². The second-order valence-corrected chi connectivity index (χ2v) is 4.67. The first-order valence-corrected chi connectivity index (χ1v) is 4.50. The van der Waals surface area contributed by atoms with E-state index in [-0.39, 0.29) is 0 Å². The summed E-state index contributed by atoms with van der Waals surface area (Å²) in [6.07, 6.45) is 2.49. The fourth-order valence-electron chi connectivity index (χ4n) is 1.67. The highest BCUT2D eigenvalue weighted by atomic mass is 14.7. The molecule has 1 heteroatoms. The van der Waals surface area contributed by atoms with Crippen molar-refractivity contribution in [1.29, 1.82) is 0 Å². The molecule has 0 aromatic carbocycles. The SMILES string of the molecule is CC1=NCCC(C(C)(C)C)C1. The van der Waals surface area contributed by atoms with Gasteiger partial charge in [0.05, 0.1) is 0 Å². The predicted octanol–water partition coefficient (Wildman–Crippen LogP) is 2.90. The van der Waals surface area contributed by atoms with Crippen LogP contribution in [0.5, 0.6) is 0 Å². The lowest BCUT2D eigenvalue weighted by atomic mass is 9.75. The van der Waals surface area contributed by atoms with E-state index >= 15 is 0 Å². The van der Waals surface area contributed by atoms with E-state index in [1.54, 1.807) is 0 Å². The molecular formula is C10H19N. The van der Waals surface area contributed by atoms with Gasteiger partial charge in [-0.3, -0.25) is 4.99 Å². The van der Waals surface area contributed by atoms with Crippen molar-refractivity contribution < 1.29 is 0 Å². The van der Waals surface area contributed by atoms with Gasteiger partial charge in [0.2, 0.25) is 0 Å². The van der Waals surface area contributed by atoms with Crippen molar-refractivity contribution in [3.8, 4) is 0 Å². The topological polar surface area (TPSA) is 12.4 Å². The minimum atomic E-state index is 0.469. The lowest BCUT2D eigenvalue weighted by Gasteiger charge is -2.32. The Labute approximate surface area is 69.9 Å². The third-order valence-corrected chi connectivity index (χ3v) is 2.63. The summed E-state index contributed by atoms with van der Waals surface area (Å²) in [5.74, 6) is 0.847. The lowest BCUT2D eigenvalue weighted by Crippen LogP contribution is -2.26. The summed E-state index contributed by atoms with van der Waals surface area (Å²) in [6, 6.07) is 0. The van der Waals surface area contributed by atoms with Crippen LogP contribution < -0.4 is 0 Å². The van der Waals surface area contributed by atoms with Crippen molar-refractivity contribution in [2.75, 3.05) is 6.54 Å². The van der Waals surface area contributed by atoms with Crippen molar-refractivity contribution in [3.63, 3.8) is 0 Å². The molecule has 1 atom stereocenters. The van der Waals surface area contributed by atoms with Crippen LogP contribution in [0, 0.1) is 11.3 Å². The van der Waals surface area contributed by atoms with Gasteiger partial charge in [-0.25, -0.2) is 0 Å². The molecule has 64 valence electrons. The Bertz CT molecular complexity index is 162. The highest BCUT2D eigenvalue weighted by Crippen LogP contribution is 2.33. The van der Waals surface area contributed by atoms with Gasteiger partial charge in [-0.2, -0.15) is 0 Å². The van der Waals surface area contributed by atoms with E-state index in [4.69, 9.17) is 0 Å². The molecule has 0 bridgehead atoms. The first-order chi connectivity index (χ1) is 5.00. The molecule has 1 nitrogen and oxygen atoms in total. The molecule has 11 heavy (non-hydrogen) atoms. The molecule has 1 aliphatic rings. The minimum Gasteiger partial charge on any atom is -0.294 e. The molecule has 1 heterocycles. The summed E-state index contributed by atoms with van der Waals surface area (Å²) in [4.78, 5) is 4.41. The van der Waals surface area contributed by atoms with Crippen LogP contribution in [0.4, 0.5) is 0 Å². The third kappa shape index (κ3) is 2.32. The molecule has 1 unspecified atom stereocenters. The van der Waals surface area contributed by atoms with Crippen LogP contribution in [0.15, 0.2) is 4.99 Å². The smallest absolute Gasteiger partial charge is 0.0391 e. The van der Waals surface area contributed by atoms with Gasteiger partial charge in [-0.15, -0.1) is 0 Å². The lowest BCUT2D eigenvalue weighted by molar-refractivity contribution is 0.230. The Kier molecular flexibility index (Phi) is 2.36. The number of rotatable bonds is 0. The fraction of sp³-hybridized carbons (Fsp3) is 0.900. The monoisotopic (exact) mass is 153 g/mol. The number of hydrogen-bond acceptors (Lipinski definition) is 1. The summed E-state index contributed by atoms with van der Waals surface area (Å²) in [5.41, 5.74) is 1.81. The molecule has 0 amide bonds. The normalized spacial score (nSPS) is 26.5. The van der Waals surface area contributed by atoms with E-state index in [1.165, 1.54) is 18.6 Å². The summed E-state index contributed by atoms with van der Waals surface area (Å²) in [5, 5.41) is 0. The quantitative estimate of drug-likeness (QED) is 0.507. The molecule has 1 aliphatic heterocycles. The van der Waals surface area contributed by atoms with E-state index in [1.807, 2.05) is 0 Å². The molecule has 0 aliphatic carbocycles. The Morgan fingerprint density at radius 1 is 1.36 bits per heavy atom. The number of hydrogen-bond donors (Lipinski definition) is 0. The fourth-order valence-corrected chi connectivity index (χ4v) is 1.67. The van der Waals surface area contributed by atoms with Crippen molar-refractivity contribution in [3.05, 3.63) is 0 Å². The van der Waals surface area contributed by atoms with E-state index in [0.29, 0.717) is 5.41 Å². The standard InChI is InChI=1S/C10H19N/c1-8-7-9(5-6-11-8)10(2,3)4/h9H,5-7H2,1-4H3. The Balaban J connectivity index is 2.58. The van der Waals surface area contributed by atoms with Gasteiger partial charge >= 0.3 is 0 Å². The third-order valence-electron chi connectivity index (χ3n) is 2.63. The molecule has 0 saturated heterocycles. The van der Waals surface area contributed by atoms with Gasteiger partial charge in [0.25, 0.3) is 0 Å². The van der Waals surface area contributed by atoms with Gasteiger partial charge < -0.3 is 0 Å². The average molecular weight is 153 g/mol. The maximum Gasteiger partial charge on any atom is 0.0391 e. The molecule has 0 radical (unpaired) electrons. The first kappa shape index (κ1) is 8.76. The molecule has 0 aromatic rings. The molecule has 0 saturated carbocycles. The van der Waals surface area contributed by atoms with E-state index in [0.717, 1.165) is 12.5 Å². The van der Waals surface area contributed by atoms with Gasteiger partial charge in [-0.1, -0.05) is 20.8 Å². The van der Waals surface area contributed by atoms with Gasteiger partial charge in [-0.05, 0) is 31.1 Å². The van der Waals surface area contributed by atoms with Crippen LogP contribution in [0.3, 0.4) is 0 Å². The second kappa shape index (κ2) is 2.96. The van der Waals surface area contributed by atoms with Gasteiger partial charge in [0.1, 0.15) is 0 Å². The zero-order valence-corrected chi connectivity index (χ0v) is 8.15. The van der Waals surface area contributed by atoms with Crippen LogP contribution in [0.1, 0.15) is 40.5 Å². The number of nitrogens with zero attached hydrogens (tertiary/aromatic N) is 1. The molecule has 1 rings (SSSR count). The maximum atomic E-state index is 4.41. The van der Waals surface area contributed by atoms with Crippen molar-refractivity contribution in [2.24, 2.45) is 16.3 Å². The largest absolute Gasteiger partial charge is 0.294 e. The van der Waals surface area contributed by atoms with Crippen molar-refractivity contribution in [1.82, 2.24) is 0 Å². The molecule has 0 aromatic heterocycles. The summed E-state index contributed by atoms with van der Waals surface area (Å²) in [7, 11) is 0. The van der Waals surface area contributed by atoms with Gasteiger partial charge in [0, 0.05) is 12.3 Å². The van der Waals surface area contributed by atoms with Crippen molar-refractivity contribution in [2.45, 2.75) is 40.5 Å². The average Bonchev–Trinajstić information content (AvgIpc) is 1.86. The van der Waals surface area contributed by atoms with E-state index < -0.39 is 0 Å². The van der Waals surface area contributed by atoms with Crippen LogP contribution in [0.2, 0.25) is 0 Å². The van der Waals surface area contributed by atoms with Crippen LogP contribution in [-0.4, -0.2) is 12.3 Å². The zero-order valence-electron chi connectivity index (χ0n) is 8.15. The second-order valence-electron chi connectivity index (χ2n) is 4.67. The summed E-state index contributed by atoms with van der Waals surface area (Å²) >= 11 is 0. The summed E-state index contributed by atoms with van der Waals surface area (Å²) < 4.78 is 0. The first-order valence-electron chi connectivity index (χ1n) is 4.50. The number of aliphatic imine (C=N–C) groups is 1. The zero-order chi connectivity index (χ0) is 8.48. The molecular weight excluding hydrogens is 134 g/mol.